The Morgan fingerprint density at radius 3 is 2.05 bits per heavy atom. The molecule has 0 unspecified atom stereocenters. The largest absolute Gasteiger partial charge is 0.143 e. The van der Waals surface area contributed by atoms with E-state index in [4.69, 9.17) is 0 Å². The van der Waals surface area contributed by atoms with Gasteiger partial charge in [0, 0.05) is 9.75 Å². The van der Waals surface area contributed by atoms with E-state index >= 15 is 0 Å². The highest BCUT2D eigenvalue weighted by molar-refractivity contribution is 7.20. The Hall–Kier alpha value is -0.600. The number of aryl methyl sites for hydroxylation is 2. The van der Waals surface area contributed by atoms with Gasteiger partial charge in [0.1, 0.15) is 0 Å². The summed E-state index contributed by atoms with van der Waals surface area (Å²) in [6.07, 6.45) is 12.5. The van der Waals surface area contributed by atoms with Gasteiger partial charge in [-0.3, -0.25) is 0 Å². The van der Waals surface area contributed by atoms with Crippen molar-refractivity contribution in [2.45, 2.75) is 71.6 Å². The Labute approximate surface area is 138 Å². The van der Waals surface area contributed by atoms with E-state index in [1.54, 1.807) is 0 Å². The molecule has 0 bridgehead atoms. The molecule has 0 aliphatic rings. The fourth-order valence-corrected chi connectivity index (χ4v) is 4.62. The molecule has 116 valence electrons. The van der Waals surface area contributed by atoms with E-state index in [2.05, 4.69) is 36.7 Å². The lowest BCUT2D eigenvalue weighted by Gasteiger charge is -2.00. The smallest absolute Gasteiger partial charge is 0.0445 e. The standard InChI is InChI=1S/C19H28S2/c1-3-4-5-6-7-8-9-10-11-17-13-19(21-15-17)18-12-16(2)14-20-18/h12-15H,3-11H2,1-2H3. The summed E-state index contributed by atoms with van der Waals surface area (Å²) in [6.45, 7) is 4.46. The first-order valence-electron chi connectivity index (χ1n) is 8.42. The predicted octanol–water partition coefficient (Wildman–Crippen LogP) is 7.47. The molecule has 0 fully saturated rings. The maximum absolute atomic E-state index is 2.40. The monoisotopic (exact) mass is 320 g/mol. The van der Waals surface area contributed by atoms with E-state index < -0.39 is 0 Å². The van der Waals surface area contributed by atoms with Crippen LogP contribution in [-0.2, 0) is 6.42 Å². The number of hydrogen-bond donors (Lipinski definition) is 0. The molecule has 2 aromatic rings. The van der Waals surface area contributed by atoms with E-state index in [-0.39, 0.29) is 0 Å². The number of unbranched alkanes of at least 4 members (excludes halogenated alkanes) is 7. The number of hydrogen-bond acceptors (Lipinski definition) is 2. The van der Waals surface area contributed by atoms with Crippen LogP contribution in [0.2, 0.25) is 0 Å². The second kappa shape index (κ2) is 9.42. The second-order valence-electron chi connectivity index (χ2n) is 6.03. The van der Waals surface area contributed by atoms with Crippen LogP contribution in [0.3, 0.4) is 0 Å². The van der Waals surface area contributed by atoms with Crippen molar-refractivity contribution in [1.29, 1.82) is 0 Å². The van der Waals surface area contributed by atoms with Crippen molar-refractivity contribution in [2.75, 3.05) is 0 Å². The molecule has 0 N–H and O–H groups in total. The summed E-state index contributed by atoms with van der Waals surface area (Å²) in [4.78, 5) is 2.88. The number of thiophene rings is 2. The third-order valence-corrected chi connectivity index (χ3v) is 6.17. The quantitative estimate of drug-likeness (QED) is 0.398. The topological polar surface area (TPSA) is 0 Å². The van der Waals surface area contributed by atoms with Gasteiger partial charge in [0.15, 0.2) is 0 Å². The summed E-state index contributed by atoms with van der Waals surface area (Å²) in [6, 6.07) is 4.70. The minimum Gasteiger partial charge on any atom is -0.143 e. The molecule has 0 saturated heterocycles. The third-order valence-electron chi connectivity index (χ3n) is 3.95. The molecule has 2 aromatic heterocycles. The van der Waals surface area contributed by atoms with Gasteiger partial charge in [-0.25, -0.2) is 0 Å². The lowest BCUT2D eigenvalue weighted by atomic mass is 10.1. The Balaban J connectivity index is 1.62. The van der Waals surface area contributed by atoms with Crippen LogP contribution >= 0.6 is 22.7 Å². The van der Waals surface area contributed by atoms with Crippen LogP contribution in [0.4, 0.5) is 0 Å². The van der Waals surface area contributed by atoms with Crippen LogP contribution in [0.25, 0.3) is 9.75 Å². The van der Waals surface area contributed by atoms with E-state index in [0.29, 0.717) is 0 Å². The van der Waals surface area contributed by atoms with Crippen molar-refractivity contribution in [3.05, 3.63) is 34.0 Å². The zero-order valence-electron chi connectivity index (χ0n) is 13.5. The molecule has 2 rings (SSSR count). The maximum atomic E-state index is 2.40. The van der Waals surface area contributed by atoms with Crippen molar-refractivity contribution < 1.29 is 0 Å². The summed E-state index contributed by atoms with van der Waals surface area (Å²) >= 11 is 3.77. The first-order valence-corrected chi connectivity index (χ1v) is 10.2. The van der Waals surface area contributed by atoms with Crippen LogP contribution in [0.15, 0.2) is 22.9 Å². The van der Waals surface area contributed by atoms with Crippen LogP contribution in [0.1, 0.15) is 69.4 Å². The van der Waals surface area contributed by atoms with Gasteiger partial charge < -0.3 is 0 Å². The summed E-state index contributed by atoms with van der Waals surface area (Å²) in [5.74, 6) is 0. The Morgan fingerprint density at radius 1 is 0.762 bits per heavy atom. The highest BCUT2D eigenvalue weighted by Crippen LogP contribution is 2.32. The Morgan fingerprint density at radius 2 is 1.38 bits per heavy atom. The minimum atomic E-state index is 1.26. The van der Waals surface area contributed by atoms with Crippen LogP contribution < -0.4 is 0 Å². The van der Waals surface area contributed by atoms with Gasteiger partial charge >= 0.3 is 0 Å². The fraction of sp³-hybridized carbons (Fsp3) is 0.579. The molecule has 0 aromatic carbocycles. The van der Waals surface area contributed by atoms with Crippen LogP contribution in [0.5, 0.6) is 0 Å². The molecule has 2 heteroatoms. The number of rotatable bonds is 10. The summed E-state index contributed by atoms with van der Waals surface area (Å²) in [5.41, 5.74) is 2.92. The lowest BCUT2D eigenvalue weighted by molar-refractivity contribution is 0.576. The first kappa shape index (κ1) is 16.8. The summed E-state index contributed by atoms with van der Waals surface area (Å²) in [7, 11) is 0. The van der Waals surface area contributed by atoms with E-state index in [0.717, 1.165) is 0 Å². The molecule has 0 atom stereocenters. The molecule has 0 nitrogen and oxygen atoms in total. The lowest BCUT2D eigenvalue weighted by Crippen LogP contribution is -1.84. The molecule has 2 heterocycles. The van der Waals surface area contributed by atoms with E-state index in [1.165, 1.54) is 78.7 Å². The van der Waals surface area contributed by atoms with Crippen molar-refractivity contribution in [1.82, 2.24) is 0 Å². The molecule has 21 heavy (non-hydrogen) atoms. The van der Waals surface area contributed by atoms with Gasteiger partial charge in [-0.2, -0.15) is 0 Å². The average Bonchev–Trinajstić information content (AvgIpc) is 3.10. The summed E-state index contributed by atoms with van der Waals surface area (Å²) in [5, 5.41) is 4.60. The van der Waals surface area contributed by atoms with Gasteiger partial charge in [-0.15, -0.1) is 22.7 Å². The van der Waals surface area contributed by atoms with Crippen LogP contribution in [0, 0.1) is 6.92 Å². The normalized spacial score (nSPS) is 11.1. The van der Waals surface area contributed by atoms with E-state index in [9.17, 15) is 0 Å². The van der Waals surface area contributed by atoms with Gasteiger partial charge in [-0.1, -0.05) is 51.9 Å². The molecule has 0 spiro atoms. The molecule has 0 amide bonds. The average molecular weight is 321 g/mol. The molecule has 0 aliphatic carbocycles. The molecule has 0 radical (unpaired) electrons. The molecule has 0 saturated carbocycles. The molecular formula is C19H28S2. The third kappa shape index (κ3) is 5.96. The Kier molecular flexibility index (Phi) is 7.52. The molecule has 0 aliphatic heterocycles. The van der Waals surface area contributed by atoms with Gasteiger partial charge in [0.2, 0.25) is 0 Å². The summed E-state index contributed by atoms with van der Waals surface area (Å²) < 4.78 is 0. The SMILES string of the molecule is CCCCCCCCCCc1csc(-c2cc(C)cs2)c1. The highest BCUT2D eigenvalue weighted by Gasteiger charge is 2.04. The highest BCUT2D eigenvalue weighted by atomic mass is 32.1. The van der Waals surface area contributed by atoms with Crippen molar-refractivity contribution in [3.63, 3.8) is 0 Å². The first-order chi connectivity index (χ1) is 10.3. The van der Waals surface area contributed by atoms with Crippen molar-refractivity contribution in [3.8, 4) is 9.75 Å². The predicted molar refractivity (Wildman–Crippen MR) is 98.7 cm³/mol. The Bertz CT molecular complexity index is 507. The minimum absolute atomic E-state index is 1.26. The fourth-order valence-electron chi connectivity index (χ4n) is 2.66. The van der Waals surface area contributed by atoms with Crippen molar-refractivity contribution >= 4 is 22.7 Å². The van der Waals surface area contributed by atoms with Gasteiger partial charge in [-0.05, 0) is 53.8 Å². The zero-order chi connectivity index (χ0) is 14.9. The maximum Gasteiger partial charge on any atom is 0.0445 e. The van der Waals surface area contributed by atoms with E-state index in [1.807, 2.05) is 22.7 Å². The second-order valence-corrected chi connectivity index (χ2v) is 7.85. The molecular weight excluding hydrogens is 292 g/mol. The van der Waals surface area contributed by atoms with Gasteiger partial charge in [0.25, 0.3) is 0 Å². The van der Waals surface area contributed by atoms with Crippen LogP contribution in [-0.4, -0.2) is 0 Å². The van der Waals surface area contributed by atoms with Gasteiger partial charge in [0.05, 0.1) is 0 Å². The zero-order valence-corrected chi connectivity index (χ0v) is 15.1. The van der Waals surface area contributed by atoms with Crippen molar-refractivity contribution in [2.24, 2.45) is 0 Å².